The van der Waals surface area contributed by atoms with E-state index in [0.29, 0.717) is 28.2 Å². The van der Waals surface area contributed by atoms with Gasteiger partial charge in [0.2, 0.25) is 0 Å². The third kappa shape index (κ3) is 4.02. The molecule has 0 aliphatic rings. The predicted molar refractivity (Wildman–Crippen MR) is 95.9 cm³/mol. The molecular formula is C18H23N3O3. The van der Waals surface area contributed by atoms with E-state index >= 15 is 0 Å². The van der Waals surface area contributed by atoms with Gasteiger partial charge < -0.3 is 19.5 Å². The smallest absolute Gasteiger partial charge is 0.193 e. The number of hydrogen-bond acceptors (Lipinski definition) is 6. The van der Waals surface area contributed by atoms with Crippen LogP contribution in [0.2, 0.25) is 0 Å². The second-order valence-electron chi connectivity index (χ2n) is 5.18. The van der Waals surface area contributed by atoms with Crippen LogP contribution in [0.15, 0.2) is 50.5 Å². The van der Waals surface area contributed by atoms with Crippen molar-refractivity contribution in [1.82, 2.24) is 9.88 Å². The molecule has 0 unspecified atom stereocenters. The van der Waals surface area contributed by atoms with Crippen LogP contribution in [0.4, 0.5) is 5.69 Å². The first-order chi connectivity index (χ1) is 11.6. The Morgan fingerprint density at radius 3 is 2.38 bits per heavy atom. The lowest BCUT2D eigenvalue weighted by molar-refractivity contribution is 0.321. The van der Waals surface area contributed by atoms with E-state index in [0.717, 1.165) is 0 Å². The molecule has 0 atom stereocenters. The summed E-state index contributed by atoms with van der Waals surface area (Å²) in [5.74, 6) is 0.713. The fourth-order valence-electron chi connectivity index (χ4n) is 2.33. The summed E-state index contributed by atoms with van der Waals surface area (Å²) in [5, 5.41) is 0.452. The summed E-state index contributed by atoms with van der Waals surface area (Å²) in [7, 11) is 0. The maximum absolute atomic E-state index is 11.9. The molecule has 6 nitrogen and oxygen atoms in total. The van der Waals surface area contributed by atoms with Gasteiger partial charge in [0.15, 0.2) is 28.9 Å². The number of oxazole rings is 1. The molecule has 0 spiro atoms. The number of nitrogens with zero attached hydrogens (tertiary/aromatic N) is 2. The van der Waals surface area contributed by atoms with E-state index in [1.165, 1.54) is 38.3 Å². The van der Waals surface area contributed by atoms with Gasteiger partial charge in [0.25, 0.3) is 0 Å². The number of fused-ring (bicyclic) bond motifs is 1. The van der Waals surface area contributed by atoms with E-state index in [2.05, 4.69) is 30.7 Å². The highest BCUT2D eigenvalue weighted by Gasteiger charge is 2.10. The lowest BCUT2D eigenvalue weighted by Crippen LogP contribution is -2.21. The van der Waals surface area contributed by atoms with Gasteiger partial charge >= 0.3 is 0 Å². The van der Waals surface area contributed by atoms with Crippen molar-refractivity contribution in [2.24, 2.45) is 0 Å². The van der Waals surface area contributed by atoms with Crippen molar-refractivity contribution in [3.63, 3.8) is 0 Å². The molecule has 3 rings (SSSR count). The van der Waals surface area contributed by atoms with Crippen molar-refractivity contribution < 1.29 is 8.83 Å². The highest BCUT2D eigenvalue weighted by molar-refractivity contribution is 5.88. The predicted octanol–water partition coefficient (Wildman–Crippen LogP) is 3.38. The third-order valence-electron chi connectivity index (χ3n) is 3.80. The lowest BCUT2D eigenvalue weighted by Gasteiger charge is -2.13. The van der Waals surface area contributed by atoms with Crippen LogP contribution in [-0.2, 0) is 0 Å². The lowest BCUT2D eigenvalue weighted by atomic mass is 10.2. The molecule has 0 saturated heterocycles. The Kier molecular flexibility index (Phi) is 6.14. The minimum atomic E-state index is -0.162. The highest BCUT2D eigenvalue weighted by atomic mass is 16.4. The van der Waals surface area contributed by atoms with Crippen LogP contribution in [0.3, 0.4) is 0 Å². The summed E-state index contributed by atoms with van der Waals surface area (Å²) in [5.41, 5.74) is 6.39. The second-order valence-corrected chi connectivity index (χ2v) is 5.18. The molecular weight excluding hydrogens is 306 g/mol. The molecule has 0 radical (unpaired) electrons. The number of hydrogen-bond donors (Lipinski definition) is 1. The zero-order valence-electron chi connectivity index (χ0n) is 14.3. The Morgan fingerprint density at radius 2 is 1.83 bits per heavy atom. The molecule has 1 aromatic carbocycles. The van der Waals surface area contributed by atoms with E-state index in [9.17, 15) is 4.79 Å². The average molecular weight is 329 g/mol. The molecule has 3 aromatic rings. The summed E-state index contributed by atoms with van der Waals surface area (Å²) in [6, 6.07) is 6.42. The van der Waals surface area contributed by atoms with Crippen LogP contribution in [0.1, 0.15) is 20.8 Å². The standard InChI is InChI=1S/C12H8N2O3.C6H15N/c13-8-3-1-2-7-9(15)4-10(17-12(7)8)11-5-14-6-16-11;1-4-7(5-2)6-3/h1-6H,13H2;4-6H2,1-3H3. The second kappa shape index (κ2) is 8.31. The summed E-state index contributed by atoms with van der Waals surface area (Å²) in [6.45, 7) is 10.1. The molecule has 2 N–H and O–H groups in total. The van der Waals surface area contributed by atoms with Gasteiger partial charge in [0, 0.05) is 6.07 Å². The number of rotatable bonds is 4. The molecule has 0 saturated carbocycles. The number of benzene rings is 1. The molecule has 0 bridgehead atoms. The maximum Gasteiger partial charge on any atom is 0.193 e. The van der Waals surface area contributed by atoms with E-state index < -0.39 is 0 Å². The van der Waals surface area contributed by atoms with E-state index in [1.807, 2.05) is 0 Å². The van der Waals surface area contributed by atoms with Gasteiger partial charge in [-0.3, -0.25) is 4.79 Å². The van der Waals surface area contributed by atoms with Gasteiger partial charge in [-0.2, -0.15) is 0 Å². The van der Waals surface area contributed by atoms with Gasteiger partial charge in [-0.25, -0.2) is 4.98 Å². The van der Waals surface area contributed by atoms with E-state index in [-0.39, 0.29) is 5.43 Å². The minimum Gasteiger partial charge on any atom is -0.450 e. The maximum atomic E-state index is 11.9. The minimum absolute atomic E-state index is 0.162. The quantitative estimate of drug-likeness (QED) is 0.739. The number of nitrogen functional groups attached to an aromatic ring is 1. The molecule has 2 aromatic heterocycles. The first-order valence-electron chi connectivity index (χ1n) is 8.04. The van der Waals surface area contributed by atoms with Gasteiger partial charge in [-0.15, -0.1) is 0 Å². The van der Waals surface area contributed by atoms with Crippen LogP contribution in [0.5, 0.6) is 0 Å². The van der Waals surface area contributed by atoms with Crippen LogP contribution in [0.25, 0.3) is 22.5 Å². The Bertz CT molecular complexity index is 816. The molecule has 0 aliphatic heterocycles. The first-order valence-corrected chi connectivity index (χ1v) is 8.04. The van der Waals surface area contributed by atoms with Crippen molar-refractivity contribution in [3.05, 3.63) is 47.1 Å². The average Bonchev–Trinajstić information content (AvgIpc) is 3.12. The number of aromatic nitrogens is 1. The van der Waals surface area contributed by atoms with Crippen molar-refractivity contribution in [1.29, 1.82) is 0 Å². The molecule has 0 aliphatic carbocycles. The van der Waals surface area contributed by atoms with Crippen LogP contribution in [-0.4, -0.2) is 29.5 Å². The van der Waals surface area contributed by atoms with Crippen molar-refractivity contribution in [2.75, 3.05) is 25.4 Å². The topological polar surface area (TPSA) is 85.5 Å². The van der Waals surface area contributed by atoms with Gasteiger partial charge in [0.1, 0.15) is 0 Å². The molecule has 0 amide bonds. The number of nitrogens with two attached hydrogens (primary N) is 1. The van der Waals surface area contributed by atoms with Crippen LogP contribution >= 0.6 is 0 Å². The molecule has 0 fully saturated rings. The summed E-state index contributed by atoms with van der Waals surface area (Å²) < 4.78 is 10.6. The van der Waals surface area contributed by atoms with Crippen molar-refractivity contribution in [2.45, 2.75) is 20.8 Å². The largest absolute Gasteiger partial charge is 0.450 e. The Morgan fingerprint density at radius 1 is 1.12 bits per heavy atom. The fraction of sp³-hybridized carbons (Fsp3) is 0.333. The molecule has 128 valence electrons. The van der Waals surface area contributed by atoms with Gasteiger partial charge in [-0.05, 0) is 31.8 Å². The molecule has 2 heterocycles. The Balaban J connectivity index is 0.000000256. The summed E-state index contributed by atoms with van der Waals surface area (Å²) in [4.78, 5) is 18.0. The zero-order valence-corrected chi connectivity index (χ0v) is 14.3. The Hall–Kier alpha value is -2.60. The first kappa shape index (κ1) is 17.7. The number of para-hydroxylation sites is 1. The summed E-state index contributed by atoms with van der Waals surface area (Å²) >= 11 is 0. The fourth-order valence-corrected chi connectivity index (χ4v) is 2.33. The monoisotopic (exact) mass is 329 g/mol. The van der Waals surface area contributed by atoms with Crippen molar-refractivity contribution in [3.8, 4) is 11.5 Å². The normalized spacial score (nSPS) is 10.7. The van der Waals surface area contributed by atoms with Crippen LogP contribution < -0.4 is 11.2 Å². The number of anilines is 1. The van der Waals surface area contributed by atoms with E-state index in [1.54, 1.807) is 18.2 Å². The van der Waals surface area contributed by atoms with Crippen molar-refractivity contribution >= 4 is 16.7 Å². The van der Waals surface area contributed by atoms with E-state index in [4.69, 9.17) is 14.6 Å². The van der Waals surface area contributed by atoms with Gasteiger partial charge in [-0.1, -0.05) is 26.8 Å². The highest BCUT2D eigenvalue weighted by Crippen LogP contribution is 2.24. The molecule has 24 heavy (non-hydrogen) atoms. The molecule has 6 heteroatoms. The van der Waals surface area contributed by atoms with Gasteiger partial charge in [0.05, 0.1) is 17.3 Å². The zero-order chi connectivity index (χ0) is 17.5. The summed E-state index contributed by atoms with van der Waals surface area (Å²) in [6.07, 6.45) is 2.75. The third-order valence-corrected chi connectivity index (χ3v) is 3.80. The van der Waals surface area contributed by atoms with Crippen LogP contribution in [0, 0.1) is 0 Å². The SMILES string of the molecule is CCN(CC)CC.Nc1cccc2c(=O)cc(-c3cnco3)oc12. The Labute approximate surface area is 140 Å².